The molecular weight excluding hydrogens is 316 g/mol. The first-order valence-electron chi connectivity index (χ1n) is 7.80. The average Bonchev–Trinajstić information content (AvgIpc) is 2.54. The minimum absolute atomic E-state index is 0.0451. The van der Waals surface area contributed by atoms with Crippen molar-refractivity contribution in [1.29, 1.82) is 0 Å². The van der Waals surface area contributed by atoms with Crippen molar-refractivity contribution >= 4 is 22.1 Å². The van der Waals surface area contributed by atoms with E-state index in [-0.39, 0.29) is 23.6 Å². The first kappa shape index (κ1) is 17.5. The van der Waals surface area contributed by atoms with Gasteiger partial charge in [0.15, 0.2) is 0 Å². The topological polar surface area (TPSA) is 84.8 Å². The number of hydrogen-bond acceptors (Lipinski definition) is 5. The van der Waals surface area contributed by atoms with Gasteiger partial charge in [0.25, 0.3) is 0 Å². The van der Waals surface area contributed by atoms with Crippen LogP contribution < -0.4 is 10.1 Å². The summed E-state index contributed by atoms with van der Waals surface area (Å²) in [7, 11) is -1.13. The molecule has 1 N–H and O–H groups in total. The van der Waals surface area contributed by atoms with E-state index in [0.717, 1.165) is 25.7 Å². The summed E-state index contributed by atoms with van der Waals surface area (Å²) in [4.78, 5) is 12.4. The van der Waals surface area contributed by atoms with Crippen LogP contribution in [0.1, 0.15) is 50.5 Å². The SMILES string of the molecule is COc1ccc(C(C)C(=O)NC2CCCCC2)cc1N=S(=O)=O. The number of carbonyl (C=O) groups is 1. The zero-order chi connectivity index (χ0) is 16.8. The number of ether oxygens (including phenoxy) is 1. The van der Waals surface area contributed by atoms with Crippen LogP contribution in [0.15, 0.2) is 22.6 Å². The highest BCUT2D eigenvalue weighted by molar-refractivity contribution is 7.61. The highest BCUT2D eigenvalue weighted by atomic mass is 32.2. The quantitative estimate of drug-likeness (QED) is 0.894. The number of carbonyl (C=O) groups excluding carboxylic acids is 1. The standard InChI is InChI=1S/C16H22N2O4S/c1-11(16(19)17-13-6-4-3-5-7-13)12-8-9-15(22-2)14(10-12)18-23(20)21/h8-11,13H,3-7H2,1-2H3,(H,17,19). The van der Waals surface area contributed by atoms with Gasteiger partial charge in [0, 0.05) is 6.04 Å². The van der Waals surface area contributed by atoms with Crippen LogP contribution >= 0.6 is 0 Å². The van der Waals surface area contributed by atoms with Gasteiger partial charge in [-0.05, 0) is 37.5 Å². The molecule has 1 aromatic rings. The number of hydrogen-bond donors (Lipinski definition) is 1. The molecule has 1 atom stereocenters. The molecule has 23 heavy (non-hydrogen) atoms. The molecule has 1 unspecified atom stereocenters. The summed E-state index contributed by atoms with van der Waals surface area (Å²) in [6.07, 6.45) is 5.59. The second-order valence-corrected chi connectivity index (χ2v) is 6.42. The Bertz CT molecular complexity index is 686. The van der Waals surface area contributed by atoms with Crippen LogP contribution in [0.25, 0.3) is 0 Å². The summed E-state index contributed by atoms with van der Waals surface area (Å²) in [5.41, 5.74) is 0.916. The summed E-state index contributed by atoms with van der Waals surface area (Å²) >= 11 is 0. The Kier molecular flexibility index (Phi) is 6.15. The van der Waals surface area contributed by atoms with E-state index in [4.69, 9.17) is 4.74 Å². The second kappa shape index (κ2) is 8.10. The third-order valence-corrected chi connectivity index (χ3v) is 4.57. The molecule has 1 saturated carbocycles. The van der Waals surface area contributed by atoms with Gasteiger partial charge >= 0.3 is 10.5 Å². The van der Waals surface area contributed by atoms with Crippen molar-refractivity contribution in [2.24, 2.45) is 4.36 Å². The lowest BCUT2D eigenvalue weighted by Gasteiger charge is -2.24. The number of nitrogens with one attached hydrogen (secondary N) is 1. The van der Waals surface area contributed by atoms with Crippen molar-refractivity contribution in [2.75, 3.05) is 7.11 Å². The molecule has 1 amide bonds. The normalized spacial score (nSPS) is 16.4. The molecule has 0 radical (unpaired) electrons. The third kappa shape index (κ3) is 4.79. The number of methoxy groups -OCH3 is 1. The van der Waals surface area contributed by atoms with Crippen molar-refractivity contribution in [3.8, 4) is 5.75 Å². The van der Waals surface area contributed by atoms with Crippen LogP contribution in [-0.2, 0) is 15.3 Å². The van der Waals surface area contributed by atoms with E-state index in [0.29, 0.717) is 11.3 Å². The van der Waals surface area contributed by atoms with Crippen LogP contribution in [0.4, 0.5) is 5.69 Å². The second-order valence-electron chi connectivity index (χ2n) is 5.80. The lowest BCUT2D eigenvalue weighted by molar-refractivity contribution is -0.123. The van der Waals surface area contributed by atoms with E-state index in [1.54, 1.807) is 25.1 Å². The molecule has 1 aliphatic rings. The van der Waals surface area contributed by atoms with E-state index in [9.17, 15) is 13.2 Å². The number of benzene rings is 1. The molecule has 1 fully saturated rings. The highest BCUT2D eigenvalue weighted by Gasteiger charge is 2.21. The fourth-order valence-electron chi connectivity index (χ4n) is 2.85. The van der Waals surface area contributed by atoms with Crippen molar-refractivity contribution in [3.63, 3.8) is 0 Å². The van der Waals surface area contributed by atoms with E-state index < -0.39 is 10.5 Å². The fraction of sp³-hybridized carbons (Fsp3) is 0.562. The monoisotopic (exact) mass is 338 g/mol. The lowest BCUT2D eigenvalue weighted by Crippen LogP contribution is -2.38. The van der Waals surface area contributed by atoms with Crippen molar-refractivity contribution in [3.05, 3.63) is 23.8 Å². The van der Waals surface area contributed by atoms with Crippen LogP contribution in [0, 0.1) is 0 Å². The Balaban J connectivity index is 2.16. The van der Waals surface area contributed by atoms with Gasteiger partial charge < -0.3 is 10.1 Å². The Labute approximate surface area is 137 Å². The summed E-state index contributed by atoms with van der Waals surface area (Å²) in [6.45, 7) is 1.80. The number of amides is 1. The summed E-state index contributed by atoms with van der Waals surface area (Å²) < 4.78 is 30.2. The minimum atomic E-state index is -2.57. The highest BCUT2D eigenvalue weighted by Crippen LogP contribution is 2.31. The molecule has 6 nitrogen and oxygen atoms in total. The Morgan fingerprint density at radius 3 is 2.61 bits per heavy atom. The number of nitrogens with zero attached hydrogens (tertiary/aromatic N) is 1. The van der Waals surface area contributed by atoms with E-state index in [1.807, 2.05) is 0 Å². The fourth-order valence-corrected chi connectivity index (χ4v) is 3.16. The Hall–Kier alpha value is -1.89. The summed E-state index contributed by atoms with van der Waals surface area (Å²) in [5, 5.41) is 3.08. The van der Waals surface area contributed by atoms with Crippen molar-refractivity contribution < 1.29 is 17.9 Å². The van der Waals surface area contributed by atoms with Gasteiger partial charge in [0.05, 0.1) is 13.0 Å². The van der Waals surface area contributed by atoms with E-state index in [1.165, 1.54) is 13.5 Å². The molecule has 1 aromatic carbocycles. The molecule has 0 spiro atoms. The largest absolute Gasteiger partial charge is 0.494 e. The van der Waals surface area contributed by atoms with Crippen LogP contribution in [0.3, 0.4) is 0 Å². The molecule has 0 bridgehead atoms. The molecule has 1 aliphatic carbocycles. The smallest absolute Gasteiger partial charge is 0.316 e. The molecule has 0 aromatic heterocycles. The molecule has 0 aliphatic heterocycles. The van der Waals surface area contributed by atoms with Gasteiger partial charge in [-0.25, -0.2) is 0 Å². The molecular formula is C16H22N2O4S. The Morgan fingerprint density at radius 1 is 1.30 bits per heavy atom. The first-order chi connectivity index (χ1) is 11.0. The van der Waals surface area contributed by atoms with Gasteiger partial charge in [-0.1, -0.05) is 25.3 Å². The van der Waals surface area contributed by atoms with Gasteiger partial charge in [-0.2, -0.15) is 8.42 Å². The predicted octanol–water partition coefficient (Wildman–Crippen LogP) is 2.94. The molecule has 0 saturated heterocycles. The zero-order valence-corrected chi connectivity index (χ0v) is 14.2. The predicted molar refractivity (Wildman–Crippen MR) is 87.4 cm³/mol. The maximum Gasteiger partial charge on any atom is 0.316 e. The van der Waals surface area contributed by atoms with Crippen LogP contribution in [0.2, 0.25) is 0 Å². The van der Waals surface area contributed by atoms with Crippen LogP contribution in [0.5, 0.6) is 5.75 Å². The maximum atomic E-state index is 12.4. The van der Waals surface area contributed by atoms with Crippen molar-refractivity contribution in [1.82, 2.24) is 5.32 Å². The van der Waals surface area contributed by atoms with Gasteiger partial charge in [0.2, 0.25) is 5.91 Å². The minimum Gasteiger partial charge on any atom is -0.494 e. The van der Waals surface area contributed by atoms with E-state index in [2.05, 4.69) is 9.68 Å². The van der Waals surface area contributed by atoms with Gasteiger partial charge in [-0.3, -0.25) is 4.79 Å². The first-order valence-corrected chi connectivity index (χ1v) is 8.84. The average molecular weight is 338 g/mol. The third-order valence-electron chi connectivity index (χ3n) is 4.22. The lowest BCUT2D eigenvalue weighted by atomic mass is 9.94. The number of rotatable bonds is 5. The van der Waals surface area contributed by atoms with Gasteiger partial charge in [0.1, 0.15) is 11.4 Å². The molecule has 2 rings (SSSR count). The molecule has 0 heterocycles. The Morgan fingerprint density at radius 2 is 2.00 bits per heavy atom. The molecule has 126 valence electrons. The summed E-state index contributed by atoms with van der Waals surface area (Å²) in [6, 6.07) is 5.22. The summed E-state index contributed by atoms with van der Waals surface area (Å²) in [5.74, 6) is -0.0639. The zero-order valence-electron chi connectivity index (χ0n) is 13.4. The van der Waals surface area contributed by atoms with Crippen molar-refractivity contribution in [2.45, 2.75) is 51.0 Å². The van der Waals surface area contributed by atoms with Crippen LogP contribution in [-0.4, -0.2) is 27.5 Å². The maximum absolute atomic E-state index is 12.4. The molecule has 7 heteroatoms. The van der Waals surface area contributed by atoms with Gasteiger partial charge in [-0.15, -0.1) is 4.36 Å². The van der Waals surface area contributed by atoms with E-state index >= 15 is 0 Å².